The van der Waals surface area contributed by atoms with Crippen LogP contribution in [-0.2, 0) is 0 Å². The van der Waals surface area contributed by atoms with Crippen LogP contribution in [0.25, 0.3) is 0 Å². The Bertz CT molecular complexity index is 885. The fourth-order valence-electron chi connectivity index (χ4n) is 2.00. The van der Waals surface area contributed by atoms with Gasteiger partial charge in [-0.1, -0.05) is 0 Å². The van der Waals surface area contributed by atoms with Gasteiger partial charge in [0.25, 0.3) is 11.6 Å². The highest BCUT2D eigenvalue weighted by Gasteiger charge is 2.13. The Labute approximate surface area is 161 Å². The maximum absolute atomic E-state index is 12.1. The van der Waals surface area contributed by atoms with Crippen LogP contribution in [0.5, 0.6) is 17.2 Å². The highest BCUT2D eigenvalue weighted by molar-refractivity contribution is 14.1. The molecule has 1 amide bonds. The summed E-state index contributed by atoms with van der Waals surface area (Å²) in [5, 5.41) is 26.4. The van der Waals surface area contributed by atoms with E-state index in [0.717, 1.165) is 9.64 Å². The van der Waals surface area contributed by atoms with Gasteiger partial charge in [-0.05, 0) is 46.9 Å². The zero-order chi connectivity index (χ0) is 19.3. The van der Waals surface area contributed by atoms with E-state index in [9.17, 15) is 20.0 Å². The molecule has 0 fully saturated rings. The first-order valence-corrected chi connectivity index (χ1v) is 8.15. The first kappa shape index (κ1) is 19.4. The summed E-state index contributed by atoms with van der Waals surface area (Å²) in [5.74, 6) is -0.953. The number of hydrazone groups is 1. The molecule has 0 atom stereocenters. The summed E-state index contributed by atoms with van der Waals surface area (Å²) in [5.41, 5.74) is 2.22. The number of amides is 1. The van der Waals surface area contributed by atoms with Gasteiger partial charge in [-0.3, -0.25) is 14.9 Å². The molecular formula is C16H13IN3O6-. The Hall–Kier alpha value is -2.89. The minimum Gasteiger partial charge on any atom is -0.865 e. The van der Waals surface area contributed by atoms with Crippen molar-refractivity contribution in [2.24, 2.45) is 5.10 Å². The van der Waals surface area contributed by atoms with E-state index >= 15 is 0 Å². The molecule has 10 heteroatoms. The van der Waals surface area contributed by atoms with Gasteiger partial charge in [0.1, 0.15) is 11.5 Å². The van der Waals surface area contributed by atoms with Crippen LogP contribution in [0.2, 0.25) is 0 Å². The first-order valence-electron chi connectivity index (χ1n) is 7.07. The number of carbonyl (C=O) groups excluding carboxylic acids is 1. The lowest BCUT2D eigenvalue weighted by atomic mass is 10.2. The van der Waals surface area contributed by atoms with E-state index in [4.69, 9.17) is 9.47 Å². The summed E-state index contributed by atoms with van der Waals surface area (Å²) in [7, 11) is 2.73. The number of hydrogen-bond donors (Lipinski definition) is 1. The lowest BCUT2D eigenvalue weighted by Crippen LogP contribution is -2.17. The molecule has 2 rings (SSSR count). The second kappa shape index (κ2) is 8.47. The van der Waals surface area contributed by atoms with Crippen LogP contribution in [-0.4, -0.2) is 31.3 Å². The van der Waals surface area contributed by atoms with E-state index in [1.165, 1.54) is 26.5 Å². The van der Waals surface area contributed by atoms with Crippen molar-refractivity contribution in [2.75, 3.05) is 14.2 Å². The molecule has 2 aromatic carbocycles. The SMILES string of the molecule is COc1cc(C(=O)N/N=C\c2cc(OC)c([O-])c([N+](=O)[O-])c2)ccc1I. The van der Waals surface area contributed by atoms with Gasteiger partial charge in [0.05, 0.1) is 28.9 Å². The van der Waals surface area contributed by atoms with Gasteiger partial charge in [-0.2, -0.15) is 5.10 Å². The number of nitro groups is 1. The largest absolute Gasteiger partial charge is 0.865 e. The molecule has 0 heterocycles. The minimum atomic E-state index is -0.829. The number of methoxy groups -OCH3 is 2. The molecule has 0 radical (unpaired) electrons. The molecule has 0 saturated heterocycles. The van der Waals surface area contributed by atoms with Crippen molar-refractivity contribution < 1.29 is 24.3 Å². The number of rotatable bonds is 6. The van der Waals surface area contributed by atoms with Crippen LogP contribution in [0.3, 0.4) is 0 Å². The minimum absolute atomic E-state index is 0.186. The van der Waals surface area contributed by atoms with E-state index in [1.54, 1.807) is 18.2 Å². The number of carbonyl (C=O) groups is 1. The Kier molecular flexibility index (Phi) is 6.33. The smallest absolute Gasteiger partial charge is 0.271 e. The third-order valence-electron chi connectivity index (χ3n) is 3.27. The van der Waals surface area contributed by atoms with Gasteiger partial charge in [0.2, 0.25) is 0 Å². The molecule has 0 aliphatic rings. The van der Waals surface area contributed by atoms with Crippen molar-refractivity contribution in [2.45, 2.75) is 0 Å². The lowest BCUT2D eigenvalue weighted by Gasteiger charge is -2.12. The maximum atomic E-state index is 12.1. The standard InChI is InChI=1S/C16H14IN3O6/c1-25-13-7-10(3-4-11(13)17)16(22)19-18-8-9-5-12(20(23)24)15(21)14(6-9)26-2/h3-8,21H,1-2H3,(H,19,22)/p-1/b18-8-. The summed E-state index contributed by atoms with van der Waals surface area (Å²) in [4.78, 5) is 22.2. The number of benzene rings is 2. The molecule has 0 unspecified atom stereocenters. The summed E-state index contributed by atoms with van der Waals surface area (Å²) in [6, 6.07) is 7.23. The van der Waals surface area contributed by atoms with Gasteiger partial charge in [-0.25, -0.2) is 5.43 Å². The number of nitro benzene ring substituents is 1. The first-order chi connectivity index (χ1) is 12.4. The molecule has 0 saturated carbocycles. The van der Waals surface area contributed by atoms with Crippen LogP contribution in [0, 0.1) is 13.7 Å². The van der Waals surface area contributed by atoms with Crippen LogP contribution in [0.15, 0.2) is 35.4 Å². The summed E-state index contributed by atoms with van der Waals surface area (Å²) in [6.07, 6.45) is 1.18. The highest BCUT2D eigenvalue weighted by Crippen LogP contribution is 2.33. The number of nitrogens with one attached hydrogen (secondary N) is 1. The second-order valence-corrected chi connectivity index (χ2v) is 6.04. The summed E-state index contributed by atoms with van der Waals surface area (Å²) >= 11 is 2.08. The Morgan fingerprint density at radius 3 is 2.54 bits per heavy atom. The molecule has 26 heavy (non-hydrogen) atoms. The highest BCUT2D eigenvalue weighted by atomic mass is 127. The van der Waals surface area contributed by atoms with E-state index in [-0.39, 0.29) is 11.3 Å². The van der Waals surface area contributed by atoms with Gasteiger partial charge in [0, 0.05) is 22.9 Å². The van der Waals surface area contributed by atoms with Crippen LogP contribution < -0.4 is 20.0 Å². The van der Waals surface area contributed by atoms with Crippen molar-refractivity contribution in [3.8, 4) is 17.2 Å². The Morgan fingerprint density at radius 1 is 1.23 bits per heavy atom. The van der Waals surface area contributed by atoms with Gasteiger partial charge in [-0.15, -0.1) is 0 Å². The summed E-state index contributed by atoms with van der Waals surface area (Å²) in [6.45, 7) is 0. The predicted molar refractivity (Wildman–Crippen MR) is 99.9 cm³/mol. The molecule has 2 aromatic rings. The average Bonchev–Trinajstić information content (AvgIpc) is 2.62. The zero-order valence-electron chi connectivity index (χ0n) is 13.7. The number of ether oxygens (including phenoxy) is 2. The molecule has 1 N–H and O–H groups in total. The van der Waals surface area contributed by atoms with Crippen LogP contribution >= 0.6 is 22.6 Å². The molecule has 9 nitrogen and oxygen atoms in total. The maximum Gasteiger partial charge on any atom is 0.271 e. The van der Waals surface area contributed by atoms with Crippen molar-refractivity contribution in [1.29, 1.82) is 0 Å². The van der Waals surface area contributed by atoms with Crippen molar-refractivity contribution in [3.05, 3.63) is 55.1 Å². The molecule has 0 aliphatic carbocycles. The Morgan fingerprint density at radius 2 is 1.92 bits per heavy atom. The molecule has 0 spiro atoms. The quantitative estimate of drug-likeness (QED) is 0.298. The van der Waals surface area contributed by atoms with Gasteiger partial charge >= 0.3 is 0 Å². The molecule has 0 aromatic heterocycles. The van der Waals surface area contributed by atoms with E-state index in [0.29, 0.717) is 11.3 Å². The monoisotopic (exact) mass is 470 g/mol. The number of nitrogens with zero attached hydrogens (tertiary/aromatic N) is 2. The molecule has 0 aliphatic heterocycles. The molecular weight excluding hydrogens is 457 g/mol. The van der Waals surface area contributed by atoms with E-state index in [2.05, 4.69) is 33.1 Å². The lowest BCUT2D eigenvalue weighted by molar-refractivity contribution is -0.398. The van der Waals surface area contributed by atoms with E-state index in [1.807, 2.05) is 0 Å². The average molecular weight is 470 g/mol. The molecule has 136 valence electrons. The topological polar surface area (TPSA) is 126 Å². The van der Waals surface area contributed by atoms with Gasteiger partial charge < -0.3 is 14.6 Å². The summed E-state index contributed by atoms with van der Waals surface area (Å²) < 4.78 is 10.8. The van der Waals surface area contributed by atoms with Crippen molar-refractivity contribution in [1.82, 2.24) is 5.43 Å². The zero-order valence-corrected chi connectivity index (χ0v) is 15.8. The number of hydrogen-bond acceptors (Lipinski definition) is 7. The third-order valence-corrected chi connectivity index (χ3v) is 4.16. The van der Waals surface area contributed by atoms with Gasteiger partial charge in [0.15, 0.2) is 0 Å². The van der Waals surface area contributed by atoms with Crippen molar-refractivity contribution >= 4 is 40.4 Å². The fraction of sp³-hybridized carbons (Fsp3) is 0.125. The fourth-order valence-corrected chi connectivity index (χ4v) is 2.56. The van der Waals surface area contributed by atoms with Crippen LogP contribution in [0.1, 0.15) is 15.9 Å². The Balaban J connectivity index is 2.19. The second-order valence-electron chi connectivity index (χ2n) is 4.88. The van der Waals surface area contributed by atoms with Crippen molar-refractivity contribution in [3.63, 3.8) is 0 Å². The third kappa shape index (κ3) is 4.39. The molecule has 0 bridgehead atoms. The van der Waals surface area contributed by atoms with E-state index < -0.39 is 22.3 Å². The van der Waals surface area contributed by atoms with Crippen LogP contribution in [0.4, 0.5) is 5.69 Å². The predicted octanol–water partition coefficient (Wildman–Crippen LogP) is 2.05. The normalized spacial score (nSPS) is 10.6. The number of halogens is 1.